The Morgan fingerprint density at radius 1 is 0.975 bits per heavy atom. The lowest BCUT2D eigenvalue weighted by atomic mass is 10.1. The number of anilines is 1. The summed E-state index contributed by atoms with van der Waals surface area (Å²) in [7, 11) is -2.68. The van der Waals surface area contributed by atoms with Crippen molar-refractivity contribution < 1.29 is 22.7 Å². The number of benzene rings is 3. The molecule has 0 bridgehead atoms. The number of nitrogens with one attached hydrogen (secondary N) is 1. The molecule has 2 amide bonds. The maximum atomic E-state index is 14.0. The van der Waals surface area contributed by atoms with Crippen LogP contribution in [0, 0.1) is 0 Å². The normalized spacial score (nSPS) is 14.4. The lowest BCUT2D eigenvalue weighted by molar-refractivity contribution is -0.139. The molecule has 3 aromatic carbocycles. The quantitative estimate of drug-likeness (QED) is 0.342. The van der Waals surface area contributed by atoms with Crippen molar-refractivity contribution in [3.63, 3.8) is 0 Å². The van der Waals surface area contributed by atoms with E-state index in [4.69, 9.17) is 16.3 Å². The number of hydrogen-bond acceptors (Lipinski definition) is 5. The zero-order valence-corrected chi connectivity index (χ0v) is 24.2. The first-order valence-electron chi connectivity index (χ1n) is 13.2. The van der Waals surface area contributed by atoms with Gasteiger partial charge in [0.1, 0.15) is 18.3 Å². The van der Waals surface area contributed by atoms with Gasteiger partial charge in [0.15, 0.2) is 0 Å². The number of carbonyl (C=O) groups is 2. The van der Waals surface area contributed by atoms with Gasteiger partial charge in [-0.1, -0.05) is 54.8 Å². The summed E-state index contributed by atoms with van der Waals surface area (Å²) in [6, 6.07) is 20.8. The van der Waals surface area contributed by atoms with E-state index in [9.17, 15) is 18.0 Å². The van der Waals surface area contributed by atoms with Gasteiger partial charge in [-0.3, -0.25) is 13.9 Å². The lowest BCUT2D eigenvalue weighted by Crippen LogP contribution is -2.52. The second-order valence-corrected chi connectivity index (χ2v) is 12.1. The average Bonchev–Trinajstić information content (AvgIpc) is 3.48. The average molecular weight is 584 g/mol. The Bertz CT molecular complexity index is 1390. The summed E-state index contributed by atoms with van der Waals surface area (Å²) < 4.78 is 34.0. The van der Waals surface area contributed by atoms with E-state index in [0.29, 0.717) is 10.8 Å². The number of sulfonamides is 1. The van der Waals surface area contributed by atoms with Crippen LogP contribution in [-0.2, 0) is 26.2 Å². The van der Waals surface area contributed by atoms with E-state index < -0.39 is 28.5 Å². The van der Waals surface area contributed by atoms with Crippen LogP contribution < -0.4 is 14.4 Å². The van der Waals surface area contributed by atoms with E-state index in [-0.39, 0.29) is 29.1 Å². The van der Waals surface area contributed by atoms with Crippen LogP contribution in [0.5, 0.6) is 5.75 Å². The number of amides is 2. The van der Waals surface area contributed by atoms with Crippen molar-refractivity contribution >= 4 is 39.1 Å². The summed E-state index contributed by atoms with van der Waals surface area (Å²) in [5.41, 5.74) is 1.10. The topological polar surface area (TPSA) is 96.0 Å². The molecule has 8 nitrogen and oxygen atoms in total. The maximum Gasteiger partial charge on any atom is 0.264 e. The van der Waals surface area contributed by atoms with Gasteiger partial charge in [-0.2, -0.15) is 0 Å². The fourth-order valence-electron chi connectivity index (χ4n) is 4.77. The minimum absolute atomic E-state index is 0.00214. The van der Waals surface area contributed by atoms with E-state index in [1.54, 1.807) is 43.3 Å². The third-order valence-electron chi connectivity index (χ3n) is 7.11. The molecule has 1 saturated carbocycles. The Balaban J connectivity index is 1.66. The van der Waals surface area contributed by atoms with Gasteiger partial charge in [-0.15, -0.1) is 0 Å². The molecule has 0 unspecified atom stereocenters. The summed E-state index contributed by atoms with van der Waals surface area (Å²) in [6.45, 7) is 1.32. The van der Waals surface area contributed by atoms with Crippen LogP contribution in [0.3, 0.4) is 0 Å². The molecule has 212 valence electrons. The minimum Gasteiger partial charge on any atom is -0.497 e. The molecule has 40 heavy (non-hydrogen) atoms. The van der Waals surface area contributed by atoms with Gasteiger partial charge in [-0.25, -0.2) is 8.42 Å². The first-order chi connectivity index (χ1) is 19.2. The minimum atomic E-state index is -4.17. The summed E-state index contributed by atoms with van der Waals surface area (Å²) in [5, 5.41) is 3.50. The highest BCUT2D eigenvalue weighted by Crippen LogP contribution is 2.27. The molecule has 0 aliphatic heterocycles. The van der Waals surface area contributed by atoms with Gasteiger partial charge in [0.25, 0.3) is 10.0 Å². The standard InChI is InChI=1S/C30H34ClN3O5S/c1-22(30(36)32-25-10-6-7-11-25)33(20-23-8-4-3-5-9-23)29(35)21-34(26-14-12-24(31)13-15-26)40(37,38)28-18-16-27(39-2)17-19-28/h3-5,8-9,12-19,22,25H,6-7,10-11,20-21H2,1-2H3,(H,32,36)/t22-/m0/s1. The smallest absolute Gasteiger partial charge is 0.264 e. The Morgan fingerprint density at radius 2 is 1.60 bits per heavy atom. The first kappa shape index (κ1) is 29.4. The number of ether oxygens (including phenoxy) is 1. The van der Waals surface area contributed by atoms with Crippen molar-refractivity contribution in [2.24, 2.45) is 0 Å². The van der Waals surface area contributed by atoms with E-state index >= 15 is 0 Å². The number of carbonyl (C=O) groups excluding carboxylic acids is 2. The molecular weight excluding hydrogens is 550 g/mol. The van der Waals surface area contributed by atoms with Gasteiger partial charge in [0.2, 0.25) is 11.8 Å². The van der Waals surface area contributed by atoms with Gasteiger partial charge in [-0.05, 0) is 73.9 Å². The molecule has 1 aliphatic rings. The lowest BCUT2D eigenvalue weighted by Gasteiger charge is -2.32. The second-order valence-electron chi connectivity index (χ2n) is 9.84. The summed E-state index contributed by atoms with van der Waals surface area (Å²) in [4.78, 5) is 28.6. The molecule has 0 aromatic heterocycles. The van der Waals surface area contributed by atoms with Gasteiger partial charge in [0, 0.05) is 17.6 Å². The van der Waals surface area contributed by atoms with Gasteiger partial charge in [0.05, 0.1) is 17.7 Å². The molecule has 0 spiro atoms. The number of rotatable bonds is 11. The van der Waals surface area contributed by atoms with E-state index in [1.165, 1.54) is 24.1 Å². The van der Waals surface area contributed by atoms with Gasteiger partial charge >= 0.3 is 0 Å². The van der Waals surface area contributed by atoms with Crippen LogP contribution in [0.2, 0.25) is 5.02 Å². The Morgan fingerprint density at radius 3 is 2.20 bits per heavy atom. The number of hydrogen-bond donors (Lipinski definition) is 1. The molecule has 0 saturated heterocycles. The van der Waals surface area contributed by atoms with Crippen molar-refractivity contribution in [3.8, 4) is 5.75 Å². The van der Waals surface area contributed by atoms with Crippen molar-refractivity contribution in [2.45, 2.75) is 56.1 Å². The molecule has 1 N–H and O–H groups in total. The Kier molecular flexibility index (Phi) is 9.71. The molecule has 1 fully saturated rings. The third kappa shape index (κ3) is 7.14. The van der Waals surface area contributed by atoms with Gasteiger partial charge < -0.3 is 15.0 Å². The first-order valence-corrected chi connectivity index (χ1v) is 15.1. The summed E-state index contributed by atoms with van der Waals surface area (Å²) in [5.74, 6) is -0.263. The summed E-state index contributed by atoms with van der Waals surface area (Å²) >= 11 is 6.07. The highest BCUT2D eigenvalue weighted by Gasteiger charge is 2.33. The predicted octanol–water partition coefficient (Wildman–Crippen LogP) is 5.02. The predicted molar refractivity (Wildman–Crippen MR) is 156 cm³/mol. The zero-order valence-electron chi connectivity index (χ0n) is 22.6. The van der Waals surface area contributed by atoms with E-state index in [1.807, 2.05) is 30.3 Å². The maximum absolute atomic E-state index is 14.0. The number of nitrogens with zero attached hydrogens (tertiary/aromatic N) is 2. The molecule has 1 atom stereocenters. The molecular formula is C30H34ClN3O5S. The van der Waals surface area contributed by atoms with E-state index in [2.05, 4.69) is 5.32 Å². The molecule has 1 aliphatic carbocycles. The molecule has 4 rings (SSSR count). The van der Waals surface area contributed by atoms with Crippen LogP contribution in [0.1, 0.15) is 38.2 Å². The van der Waals surface area contributed by atoms with Crippen molar-refractivity contribution in [1.82, 2.24) is 10.2 Å². The van der Waals surface area contributed by atoms with Crippen molar-refractivity contribution in [3.05, 3.63) is 89.4 Å². The monoisotopic (exact) mass is 583 g/mol. The van der Waals surface area contributed by atoms with Crippen LogP contribution in [0.15, 0.2) is 83.8 Å². The molecule has 10 heteroatoms. The largest absolute Gasteiger partial charge is 0.497 e. The van der Waals surface area contributed by atoms with E-state index in [0.717, 1.165) is 35.6 Å². The highest BCUT2D eigenvalue weighted by molar-refractivity contribution is 7.92. The molecule has 0 radical (unpaired) electrons. The fourth-order valence-corrected chi connectivity index (χ4v) is 6.31. The van der Waals surface area contributed by atoms with Crippen LogP contribution in [-0.4, -0.2) is 50.9 Å². The molecule has 0 heterocycles. The fraction of sp³-hybridized carbons (Fsp3) is 0.333. The van der Waals surface area contributed by atoms with Crippen molar-refractivity contribution in [2.75, 3.05) is 18.0 Å². The second kappa shape index (κ2) is 13.2. The van der Waals surface area contributed by atoms with Crippen LogP contribution in [0.25, 0.3) is 0 Å². The number of methoxy groups -OCH3 is 1. The Labute approximate surface area is 240 Å². The summed E-state index contributed by atoms with van der Waals surface area (Å²) in [6.07, 6.45) is 3.95. The zero-order chi connectivity index (χ0) is 28.7. The third-order valence-corrected chi connectivity index (χ3v) is 9.15. The SMILES string of the molecule is COc1ccc(S(=O)(=O)N(CC(=O)N(Cc2ccccc2)[C@@H](C)C(=O)NC2CCCC2)c2ccc(Cl)cc2)cc1. The Hall–Kier alpha value is -3.56. The highest BCUT2D eigenvalue weighted by atomic mass is 35.5. The van der Waals surface area contributed by atoms with Crippen LogP contribution >= 0.6 is 11.6 Å². The molecule has 3 aromatic rings. The van der Waals surface area contributed by atoms with Crippen LogP contribution in [0.4, 0.5) is 5.69 Å². The number of halogens is 1. The van der Waals surface area contributed by atoms with Crippen molar-refractivity contribution in [1.29, 1.82) is 0 Å².